The molecule has 2 heteroatoms. The van der Waals surface area contributed by atoms with Crippen LogP contribution in [0.4, 0.5) is 4.39 Å². The molecule has 1 nitrogen and oxygen atoms in total. The highest BCUT2D eigenvalue weighted by Gasteiger charge is 1.91. The van der Waals surface area contributed by atoms with Gasteiger partial charge in [0.1, 0.15) is 0 Å². The number of halogens is 1. The Labute approximate surface area is 74.4 Å². The summed E-state index contributed by atoms with van der Waals surface area (Å²) in [5, 5.41) is 0. The molecule has 0 aromatic heterocycles. The molecule has 0 heterocycles. The van der Waals surface area contributed by atoms with Crippen LogP contribution < -0.4 is 0 Å². The van der Waals surface area contributed by atoms with Gasteiger partial charge in [0.25, 0.3) is 0 Å². The van der Waals surface area contributed by atoms with Crippen LogP contribution in [0.1, 0.15) is 51.4 Å². The first kappa shape index (κ1) is 11.6. The molecule has 0 bridgehead atoms. The second kappa shape index (κ2) is 10.6. The van der Waals surface area contributed by atoms with E-state index in [9.17, 15) is 9.18 Å². The van der Waals surface area contributed by atoms with Gasteiger partial charge in [-0.15, -0.1) is 0 Å². The molecule has 0 atom stereocenters. The summed E-state index contributed by atoms with van der Waals surface area (Å²) in [4.78, 5) is 9.81. The highest BCUT2D eigenvalue weighted by Crippen LogP contribution is 2.07. The summed E-state index contributed by atoms with van der Waals surface area (Å²) in [5.41, 5.74) is 0. The standard InChI is InChI=1S/C10H18FO/c11-9-7-5-3-1-2-4-6-8-10-12/h1-9H2. The third-order valence-corrected chi connectivity index (χ3v) is 1.91. The Hall–Kier alpha value is -0.400. The van der Waals surface area contributed by atoms with E-state index < -0.39 is 0 Å². The average molecular weight is 173 g/mol. The van der Waals surface area contributed by atoms with Gasteiger partial charge in [0.05, 0.1) is 6.67 Å². The molecule has 0 aliphatic carbocycles. The molecule has 0 aliphatic heterocycles. The van der Waals surface area contributed by atoms with Gasteiger partial charge in [-0.2, -0.15) is 0 Å². The molecule has 0 aromatic carbocycles. The normalized spacial score (nSPS) is 10.1. The zero-order valence-corrected chi connectivity index (χ0v) is 7.65. The van der Waals surface area contributed by atoms with Crippen molar-refractivity contribution in [1.29, 1.82) is 0 Å². The number of alkyl halides is 1. The summed E-state index contributed by atoms with van der Waals surface area (Å²) in [6.45, 7) is -0.180. The van der Waals surface area contributed by atoms with E-state index in [2.05, 4.69) is 0 Å². The zero-order valence-electron chi connectivity index (χ0n) is 7.65. The molecule has 0 spiro atoms. The largest absolute Gasteiger partial charge is 0.291 e. The second-order valence-electron chi connectivity index (χ2n) is 3.06. The van der Waals surface area contributed by atoms with Gasteiger partial charge in [-0.3, -0.25) is 9.18 Å². The topological polar surface area (TPSA) is 17.1 Å². The Bertz CT molecular complexity index is 93.8. The quantitative estimate of drug-likeness (QED) is 0.489. The van der Waals surface area contributed by atoms with E-state index >= 15 is 0 Å². The summed E-state index contributed by atoms with van der Waals surface area (Å²) in [7, 11) is 0. The summed E-state index contributed by atoms with van der Waals surface area (Å²) >= 11 is 0. The molecule has 0 unspecified atom stereocenters. The van der Waals surface area contributed by atoms with Crippen molar-refractivity contribution in [3.63, 3.8) is 0 Å². The van der Waals surface area contributed by atoms with Crippen molar-refractivity contribution in [2.24, 2.45) is 0 Å². The van der Waals surface area contributed by atoms with Crippen LogP contribution in [0.15, 0.2) is 0 Å². The minimum Gasteiger partial charge on any atom is -0.291 e. The molecule has 0 aromatic rings. The van der Waals surface area contributed by atoms with E-state index in [4.69, 9.17) is 0 Å². The third kappa shape index (κ3) is 9.60. The second-order valence-corrected chi connectivity index (χ2v) is 3.06. The molecule has 0 rings (SSSR count). The van der Waals surface area contributed by atoms with Gasteiger partial charge in [-0.1, -0.05) is 32.1 Å². The fourth-order valence-electron chi connectivity index (χ4n) is 1.18. The molecule has 71 valence electrons. The van der Waals surface area contributed by atoms with Gasteiger partial charge in [0.15, 0.2) is 6.29 Å². The number of rotatable bonds is 9. The van der Waals surface area contributed by atoms with E-state index in [-0.39, 0.29) is 6.67 Å². The Balaban J connectivity index is 2.77. The minimum atomic E-state index is -0.180. The molecule has 0 fully saturated rings. The first-order valence-corrected chi connectivity index (χ1v) is 4.82. The zero-order chi connectivity index (χ0) is 9.07. The van der Waals surface area contributed by atoms with Crippen molar-refractivity contribution < 1.29 is 9.18 Å². The van der Waals surface area contributed by atoms with Crippen LogP contribution in [0.5, 0.6) is 0 Å². The highest BCUT2D eigenvalue weighted by atomic mass is 19.1. The lowest BCUT2D eigenvalue weighted by Crippen LogP contribution is -1.82. The lowest BCUT2D eigenvalue weighted by Gasteiger charge is -1.98. The number of unbranched alkanes of at least 4 members (excludes halogenated alkanes) is 7. The number of carbonyl (C=O) groups excluding carboxylic acids is 1. The summed E-state index contributed by atoms with van der Waals surface area (Å²) in [5.74, 6) is 0. The van der Waals surface area contributed by atoms with E-state index in [1.54, 1.807) is 0 Å². The predicted octanol–water partition coefficient (Wildman–Crippen LogP) is 3.19. The van der Waals surface area contributed by atoms with Crippen molar-refractivity contribution in [3.8, 4) is 0 Å². The van der Waals surface area contributed by atoms with Crippen LogP contribution in [-0.2, 0) is 4.79 Å². The van der Waals surface area contributed by atoms with Gasteiger partial charge in [0.2, 0.25) is 0 Å². The van der Waals surface area contributed by atoms with Crippen LogP contribution in [0.3, 0.4) is 0 Å². The van der Waals surface area contributed by atoms with Gasteiger partial charge in [0, 0.05) is 6.42 Å². The number of hydrogen-bond donors (Lipinski definition) is 0. The van der Waals surface area contributed by atoms with E-state index in [0.717, 1.165) is 25.7 Å². The van der Waals surface area contributed by atoms with Crippen LogP contribution in [-0.4, -0.2) is 13.0 Å². The molecule has 0 aliphatic rings. The van der Waals surface area contributed by atoms with Gasteiger partial charge in [-0.25, -0.2) is 0 Å². The van der Waals surface area contributed by atoms with Crippen LogP contribution in [0.2, 0.25) is 0 Å². The van der Waals surface area contributed by atoms with Gasteiger partial charge in [-0.05, 0) is 12.8 Å². The van der Waals surface area contributed by atoms with Crippen molar-refractivity contribution in [2.75, 3.05) is 6.67 Å². The Morgan fingerprint density at radius 2 is 1.33 bits per heavy atom. The Morgan fingerprint density at radius 1 is 0.833 bits per heavy atom. The van der Waals surface area contributed by atoms with Gasteiger partial charge >= 0.3 is 0 Å². The summed E-state index contributed by atoms with van der Waals surface area (Å²) in [6.07, 6.45) is 9.74. The minimum absolute atomic E-state index is 0.180. The highest BCUT2D eigenvalue weighted by molar-refractivity contribution is 5.50. The van der Waals surface area contributed by atoms with Crippen molar-refractivity contribution in [3.05, 3.63) is 0 Å². The molecule has 1 radical (unpaired) electrons. The molecule has 12 heavy (non-hydrogen) atoms. The maximum atomic E-state index is 11.6. The van der Waals surface area contributed by atoms with Crippen molar-refractivity contribution in [1.82, 2.24) is 0 Å². The van der Waals surface area contributed by atoms with Crippen molar-refractivity contribution in [2.45, 2.75) is 51.4 Å². The third-order valence-electron chi connectivity index (χ3n) is 1.91. The molecule has 0 amide bonds. The Morgan fingerprint density at radius 3 is 1.83 bits per heavy atom. The fraction of sp³-hybridized carbons (Fsp3) is 0.900. The lowest BCUT2D eigenvalue weighted by molar-refractivity contribution is 0.449. The van der Waals surface area contributed by atoms with Crippen molar-refractivity contribution >= 4 is 6.29 Å². The van der Waals surface area contributed by atoms with E-state index in [1.807, 2.05) is 6.29 Å². The van der Waals surface area contributed by atoms with E-state index in [0.29, 0.717) is 12.8 Å². The summed E-state index contributed by atoms with van der Waals surface area (Å²) < 4.78 is 11.6. The average Bonchev–Trinajstić information content (AvgIpc) is 2.10. The molecular weight excluding hydrogens is 155 g/mol. The summed E-state index contributed by atoms with van der Waals surface area (Å²) in [6, 6.07) is 0. The first-order chi connectivity index (χ1) is 5.91. The first-order valence-electron chi connectivity index (χ1n) is 4.82. The maximum absolute atomic E-state index is 11.6. The SMILES string of the molecule is O=[C]CCCCCCCCCF. The fourth-order valence-corrected chi connectivity index (χ4v) is 1.18. The van der Waals surface area contributed by atoms with E-state index in [1.165, 1.54) is 12.8 Å². The molecule has 0 N–H and O–H groups in total. The number of hydrogen-bond acceptors (Lipinski definition) is 1. The predicted molar refractivity (Wildman–Crippen MR) is 48.6 cm³/mol. The molecule has 0 saturated carbocycles. The van der Waals surface area contributed by atoms with Gasteiger partial charge < -0.3 is 0 Å². The monoisotopic (exact) mass is 173 g/mol. The molecule has 0 saturated heterocycles. The van der Waals surface area contributed by atoms with Crippen LogP contribution in [0.25, 0.3) is 0 Å². The maximum Gasteiger partial charge on any atom is 0.198 e. The van der Waals surface area contributed by atoms with Crippen LogP contribution >= 0.6 is 0 Å². The Kier molecular flexibility index (Phi) is 10.2. The van der Waals surface area contributed by atoms with Crippen LogP contribution in [0, 0.1) is 0 Å². The lowest BCUT2D eigenvalue weighted by atomic mass is 10.1. The molecular formula is C10H18FO. The smallest absolute Gasteiger partial charge is 0.198 e.